The predicted molar refractivity (Wildman–Crippen MR) is 86.8 cm³/mol. The molecule has 1 N–H and O–H groups in total. The highest BCUT2D eigenvalue weighted by atomic mass is 19.1. The molecule has 5 heteroatoms. The van der Waals surface area contributed by atoms with E-state index in [1.165, 1.54) is 24.3 Å². The van der Waals surface area contributed by atoms with E-state index in [0.717, 1.165) is 21.7 Å². The van der Waals surface area contributed by atoms with Crippen LogP contribution in [0.4, 0.5) is 15.8 Å². The minimum absolute atomic E-state index is 0.0869. The highest BCUT2D eigenvalue weighted by Gasteiger charge is 2.39. The maximum absolute atomic E-state index is 13.0. The predicted octanol–water partition coefficient (Wildman–Crippen LogP) is 3.19. The highest BCUT2D eigenvalue weighted by molar-refractivity contribution is 6.23. The Morgan fingerprint density at radius 1 is 1.09 bits per heavy atom. The highest BCUT2D eigenvalue weighted by Crippen LogP contribution is 2.26. The van der Waals surface area contributed by atoms with E-state index in [4.69, 9.17) is 0 Å². The van der Waals surface area contributed by atoms with Crippen molar-refractivity contribution in [3.8, 4) is 0 Å². The summed E-state index contributed by atoms with van der Waals surface area (Å²) in [6.07, 6.45) is 0.0869. The van der Waals surface area contributed by atoms with Gasteiger partial charge < -0.3 is 5.32 Å². The average molecular weight is 312 g/mol. The summed E-state index contributed by atoms with van der Waals surface area (Å²) in [6.45, 7) is 3.96. The molecule has 1 aliphatic heterocycles. The lowest BCUT2D eigenvalue weighted by Gasteiger charge is -2.17. The molecule has 1 heterocycles. The fourth-order valence-electron chi connectivity index (χ4n) is 2.70. The van der Waals surface area contributed by atoms with Crippen molar-refractivity contribution in [2.45, 2.75) is 26.3 Å². The summed E-state index contributed by atoms with van der Waals surface area (Å²) in [5.41, 5.74) is 3.40. The number of hydrogen-bond donors (Lipinski definition) is 1. The molecule has 1 aliphatic rings. The van der Waals surface area contributed by atoms with Crippen molar-refractivity contribution in [2.75, 3.05) is 10.2 Å². The number of carbonyl (C=O) groups is 2. The van der Waals surface area contributed by atoms with Gasteiger partial charge in [0.15, 0.2) is 0 Å². The Morgan fingerprint density at radius 2 is 1.78 bits per heavy atom. The Morgan fingerprint density at radius 3 is 2.48 bits per heavy atom. The van der Waals surface area contributed by atoms with Crippen LogP contribution in [0.15, 0.2) is 42.5 Å². The smallest absolute Gasteiger partial charge is 0.256 e. The number of carbonyl (C=O) groups excluding carboxylic acids is 2. The molecule has 0 aromatic heterocycles. The summed E-state index contributed by atoms with van der Waals surface area (Å²) in [5.74, 6) is -1.01. The number of anilines is 2. The fourth-order valence-corrected chi connectivity index (χ4v) is 2.70. The second-order valence-electron chi connectivity index (χ2n) is 5.69. The number of nitrogens with one attached hydrogen (secondary N) is 1. The molecule has 1 atom stereocenters. The van der Waals surface area contributed by atoms with Gasteiger partial charge in [-0.3, -0.25) is 9.59 Å². The monoisotopic (exact) mass is 312 g/mol. The number of aryl methyl sites for hydroxylation is 1. The van der Waals surface area contributed by atoms with E-state index in [1.807, 2.05) is 32.0 Å². The Labute approximate surface area is 133 Å². The third-order valence-electron chi connectivity index (χ3n) is 4.17. The van der Waals surface area contributed by atoms with Crippen LogP contribution in [0.2, 0.25) is 0 Å². The zero-order valence-corrected chi connectivity index (χ0v) is 13.0. The molecule has 0 unspecified atom stereocenters. The molecule has 2 aromatic carbocycles. The molecule has 1 fully saturated rings. The SMILES string of the molecule is Cc1cccc(N[C@@H]2CC(=O)N(c3ccc(F)cc3)C2=O)c1C. The van der Waals surface area contributed by atoms with Crippen LogP contribution in [-0.2, 0) is 9.59 Å². The molecule has 0 radical (unpaired) electrons. The second-order valence-corrected chi connectivity index (χ2v) is 5.69. The van der Waals surface area contributed by atoms with Gasteiger partial charge in [-0.05, 0) is 55.3 Å². The van der Waals surface area contributed by atoms with Crippen LogP contribution < -0.4 is 10.2 Å². The van der Waals surface area contributed by atoms with Crippen LogP contribution in [0.5, 0.6) is 0 Å². The van der Waals surface area contributed by atoms with Gasteiger partial charge in [0, 0.05) is 5.69 Å². The van der Waals surface area contributed by atoms with E-state index in [9.17, 15) is 14.0 Å². The van der Waals surface area contributed by atoms with Crippen molar-refractivity contribution < 1.29 is 14.0 Å². The van der Waals surface area contributed by atoms with Gasteiger partial charge in [0.2, 0.25) is 5.91 Å². The number of halogens is 1. The van der Waals surface area contributed by atoms with E-state index in [2.05, 4.69) is 5.32 Å². The third kappa shape index (κ3) is 2.82. The molecule has 4 nitrogen and oxygen atoms in total. The van der Waals surface area contributed by atoms with Crippen molar-refractivity contribution in [2.24, 2.45) is 0 Å². The van der Waals surface area contributed by atoms with Gasteiger partial charge >= 0.3 is 0 Å². The lowest BCUT2D eigenvalue weighted by atomic mass is 10.1. The Bertz CT molecular complexity index is 771. The minimum atomic E-state index is -0.604. The second kappa shape index (κ2) is 5.83. The van der Waals surface area contributed by atoms with Gasteiger partial charge in [-0.2, -0.15) is 0 Å². The molecule has 23 heavy (non-hydrogen) atoms. The van der Waals surface area contributed by atoms with E-state index >= 15 is 0 Å². The molecule has 2 aromatic rings. The lowest BCUT2D eigenvalue weighted by Crippen LogP contribution is -2.34. The maximum atomic E-state index is 13.0. The molecule has 0 spiro atoms. The first-order valence-corrected chi connectivity index (χ1v) is 7.42. The van der Waals surface area contributed by atoms with Crippen molar-refractivity contribution in [3.63, 3.8) is 0 Å². The summed E-state index contributed by atoms with van der Waals surface area (Å²) < 4.78 is 13.0. The van der Waals surface area contributed by atoms with Gasteiger partial charge in [-0.25, -0.2) is 9.29 Å². The molecule has 118 valence electrons. The molecular formula is C18H17FN2O2. The number of benzene rings is 2. The zero-order chi connectivity index (χ0) is 16.6. The summed E-state index contributed by atoms with van der Waals surface area (Å²) in [4.78, 5) is 25.9. The molecule has 3 rings (SSSR count). The van der Waals surface area contributed by atoms with E-state index in [-0.39, 0.29) is 18.2 Å². The summed E-state index contributed by atoms with van der Waals surface area (Å²) in [7, 11) is 0. The van der Waals surface area contributed by atoms with Crippen LogP contribution in [0.1, 0.15) is 17.5 Å². The van der Waals surface area contributed by atoms with E-state index in [0.29, 0.717) is 5.69 Å². The summed E-state index contributed by atoms with van der Waals surface area (Å²) in [5, 5.41) is 3.16. The van der Waals surface area contributed by atoms with Gasteiger partial charge in [0.25, 0.3) is 5.91 Å². The average Bonchev–Trinajstić information content (AvgIpc) is 2.79. The van der Waals surface area contributed by atoms with E-state index < -0.39 is 11.9 Å². The van der Waals surface area contributed by atoms with Gasteiger partial charge in [0.05, 0.1) is 12.1 Å². The van der Waals surface area contributed by atoms with Crippen LogP contribution in [0.3, 0.4) is 0 Å². The molecule has 0 bridgehead atoms. The van der Waals surface area contributed by atoms with E-state index in [1.54, 1.807) is 0 Å². The number of hydrogen-bond acceptors (Lipinski definition) is 3. The van der Waals surface area contributed by atoms with Crippen LogP contribution in [-0.4, -0.2) is 17.9 Å². The Kier molecular flexibility index (Phi) is 3.86. The summed E-state index contributed by atoms with van der Waals surface area (Å²) >= 11 is 0. The zero-order valence-electron chi connectivity index (χ0n) is 13.0. The van der Waals surface area contributed by atoms with Crippen molar-refractivity contribution in [1.82, 2.24) is 0 Å². The Balaban J connectivity index is 1.84. The van der Waals surface area contributed by atoms with Crippen molar-refractivity contribution >= 4 is 23.2 Å². The number of nitrogens with zero attached hydrogens (tertiary/aromatic N) is 1. The van der Waals surface area contributed by atoms with Crippen LogP contribution in [0.25, 0.3) is 0 Å². The number of imide groups is 1. The number of rotatable bonds is 3. The normalized spacial score (nSPS) is 17.7. The first-order valence-electron chi connectivity index (χ1n) is 7.42. The molecule has 2 amide bonds. The minimum Gasteiger partial charge on any atom is -0.373 e. The van der Waals surface area contributed by atoms with Crippen LogP contribution in [0, 0.1) is 19.7 Å². The van der Waals surface area contributed by atoms with Gasteiger partial charge in [-0.1, -0.05) is 12.1 Å². The number of amides is 2. The maximum Gasteiger partial charge on any atom is 0.256 e. The van der Waals surface area contributed by atoms with Crippen molar-refractivity contribution in [3.05, 3.63) is 59.4 Å². The standard InChI is InChI=1S/C18H17FN2O2/c1-11-4-3-5-15(12(11)2)20-16-10-17(22)21(18(16)23)14-8-6-13(19)7-9-14/h3-9,16,20H,10H2,1-2H3/t16-/m1/s1. The van der Waals surface area contributed by atoms with Gasteiger partial charge in [0.1, 0.15) is 11.9 Å². The first-order chi connectivity index (χ1) is 11.0. The molecule has 0 aliphatic carbocycles. The van der Waals surface area contributed by atoms with Gasteiger partial charge in [-0.15, -0.1) is 0 Å². The molecular weight excluding hydrogens is 295 g/mol. The third-order valence-corrected chi connectivity index (χ3v) is 4.17. The van der Waals surface area contributed by atoms with Crippen LogP contribution >= 0.6 is 0 Å². The quantitative estimate of drug-likeness (QED) is 0.886. The topological polar surface area (TPSA) is 49.4 Å². The molecule has 0 saturated carbocycles. The fraction of sp³-hybridized carbons (Fsp3) is 0.222. The summed E-state index contributed by atoms with van der Waals surface area (Å²) in [6, 6.07) is 10.5. The van der Waals surface area contributed by atoms with Crippen molar-refractivity contribution in [1.29, 1.82) is 0 Å². The molecule has 1 saturated heterocycles. The lowest BCUT2D eigenvalue weighted by molar-refractivity contribution is -0.121. The Hall–Kier alpha value is -2.69. The first kappa shape index (κ1) is 15.2. The largest absolute Gasteiger partial charge is 0.373 e.